The molecule has 1 aliphatic heterocycles. The molecule has 184 valence electrons. The lowest BCUT2D eigenvalue weighted by Crippen LogP contribution is -2.52. The largest absolute Gasteiger partial charge is 0.469 e. The zero-order valence-electron chi connectivity index (χ0n) is 20.4. The van der Waals surface area contributed by atoms with Crippen LogP contribution in [0.15, 0.2) is 42.5 Å². The van der Waals surface area contributed by atoms with Crippen molar-refractivity contribution in [2.75, 3.05) is 19.0 Å². The number of benzene rings is 1. The van der Waals surface area contributed by atoms with Crippen LogP contribution in [0.3, 0.4) is 0 Å². The van der Waals surface area contributed by atoms with E-state index in [0.29, 0.717) is 36.6 Å². The predicted octanol–water partition coefficient (Wildman–Crippen LogP) is 4.33. The number of halogens is 1. The first-order valence-electron chi connectivity index (χ1n) is 11.6. The molecule has 0 unspecified atom stereocenters. The van der Waals surface area contributed by atoms with Gasteiger partial charge in [0.15, 0.2) is 5.82 Å². The minimum atomic E-state index is -0.994. The Morgan fingerprint density at radius 1 is 1.23 bits per heavy atom. The molecule has 2 aromatic heterocycles. The van der Waals surface area contributed by atoms with E-state index in [9.17, 15) is 14.0 Å². The van der Waals surface area contributed by atoms with E-state index >= 15 is 0 Å². The molecule has 0 radical (unpaired) electrons. The summed E-state index contributed by atoms with van der Waals surface area (Å²) in [5.74, 6) is -0.00295. The Hall–Kier alpha value is -3.75. The van der Waals surface area contributed by atoms with E-state index < -0.39 is 17.2 Å². The number of nitrogens with one attached hydrogen (secondary N) is 2. The van der Waals surface area contributed by atoms with Crippen molar-refractivity contribution in [2.24, 2.45) is 5.41 Å². The number of pyridine rings is 1. The van der Waals surface area contributed by atoms with Gasteiger partial charge in [0.1, 0.15) is 11.6 Å². The number of nitrogens with zero attached hydrogens (tertiary/aromatic N) is 3. The van der Waals surface area contributed by atoms with Gasteiger partial charge >= 0.3 is 5.97 Å². The molecule has 2 N–H and O–H groups in total. The number of amides is 1. The molecule has 0 aliphatic carbocycles. The predicted molar refractivity (Wildman–Crippen MR) is 130 cm³/mol. The molecule has 3 heterocycles. The van der Waals surface area contributed by atoms with Crippen LogP contribution in [-0.2, 0) is 16.0 Å². The first-order chi connectivity index (χ1) is 16.7. The van der Waals surface area contributed by atoms with Gasteiger partial charge < -0.3 is 15.0 Å². The van der Waals surface area contributed by atoms with E-state index in [2.05, 4.69) is 20.5 Å². The van der Waals surface area contributed by atoms with Gasteiger partial charge in [-0.25, -0.2) is 9.37 Å². The van der Waals surface area contributed by atoms with E-state index in [1.165, 1.54) is 19.2 Å². The molecular weight excluding hydrogens is 449 g/mol. The van der Waals surface area contributed by atoms with Crippen LogP contribution in [0.4, 0.5) is 16.0 Å². The summed E-state index contributed by atoms with van der Waals surface area (Å²) < 4.78 is 20.0. The Bertz CT molecular complexity index is 1240. The highest BCUT2D eigenvalue weighted by Gasteiger charge is 2.47. The molecule has 1 amide bonds. The van der Waals surface area contributed by atoms with Gasteiger partial charge in [0.25, 0.3) is 5.91 Å². The Morgan fingerprint density at radius 2 is 2.00 bits per heavy atom. The molecule has 1 aliphatic rings. The number of esters is 1. The summed E-state index contributed by atoms with van der Waals surface area (Å²) in [5, 5.41) is 10.0. The number of hydrogen-bond donors (Lipinski definition) is 2. The molecule has 0 spiro atoms. The number of aryl methyl sites for hydroxylation is 2. The number of carbonyl (C=O) groups is 2. The highest BCUT2D eigenvalue weighted by Crippen LogP contribution is 2.40. The number of H-pyrrole nitrogens is 1. The second-order valence-electron chi connectivity index (χ2n) is 9.25. The molecule has 2 atom stereocenters. The lowest BCUT2D eigenvalue weighted by molar-refractivity contribution is -0.156. The number of methoxy groups -OCH3 is 1. The van der Waals surface area contributed by atoms with Gasteiger partial charge in [0.2, 0.25) is 0 Å². The van der Waals surface area contributed by atoms with Crippen molar-refractivity contribution in [3.8, 4) is 0 Å². The van der Waals surface area contributed by atoms with Crippen LogP contribution in [0, 0.1) is 25.1 Å². The van der Waals surface area contributed by atoms with Crippen LogP contribution in [-0.4, -0.2) is 51.7 Å². The molecule has 1 saturated heterocycles. The molecule has 8 nitrogen and oxygen atoms in total. The zero-order valence-corrected chi connectivity index (χ0v) is 20.4. The van der Waals surface area contributed by atoms with Crippen molar-refractivity contribution in [2.45, 2.75) is 46.1 Å². The van der Waals surface area contributed by atoms with Crippen LogP contribution >= 0.6 is 0 Å². The van der Waals surface area contributed by atoms with E-state index in [4.69, 9.17) is 4.74 Å². The molecule has 0 saturated carbocycles. The van der Waals surface area contributed by atoms with Crippen LogP contribution < -0.4 is 5.32 Å². The maximum absolute atomic E-state index is 14.8. The third-order valence-electron chi connectivity index (χ3n) is 6.69. The quantitative estimate of drug-likeness (QED) is 0.511. The number of carbonyl (C=O) groups excluding carboxylic acids is 2. The second kappa shape index (κ2) is 9.85. The normalized spacial score (nSPS) is 19.9. The van der Waals surface area contributed by atoms with Gasteiger partial charge in [-0.1, -0.05) is 18.2 Å². The Morgan fingerprint density at radius 3 is 2.66 bits per heavy atom. The summed E-state index contributed by atoms with van der Waals surface area (Å²) in [6.07, 6.45) is 0.755. The number of ether oxygens (including phenoxy) is 1. The number of rotatable bonds is 6. The maximum atomic E-state index is 14.8. The van der Waals surface area contributed by atoms with Crippen LogP contribution in [0.2, 0.25) is 0 Å². The number of likely N-dealkylation sites (tertiary alicyclic amines) is 1. The van der Waals surface area contributed by atoms with Crippen LogP contribution in [0.5, 0.6) is 0 Å². The van der Waals surface area contributed by atoms with E-state index in [0.717, 1.165) is 11.3 Å². The smallest absolute Gasteiger partial charge is 0.312 e. The van der Waals surface area contributed by atoms with Gasteiger partial charge in [0, 0.05) is 36.3 Å². The molecule has 0 bridgehead atoms. The maximum Gasteiger partial charge on any atom is 0.312 e. The minimum absolute atomic E-state index is 0.0668. The van der Waals surface area contributed by atoms with Crippen molar-refractivity contribution in [1.29, 1.82) is 0 Å². The first kappa shape index (κ1) is 24.4. The van der Waals surface area contributed by atoms with Gasteiger partial charge in [-0.3, -0.25) is 14.7 Å². The third-order valence-corrected chi connectivity index (χ3v) is 6.69. The standard InChI is InChI=1S/C26H30FN5O3/c1-16-7-5-6-8-19(16)24(33)32-12-11-26(14-18(32)3,25(34)35-4)15-21-20(27)9-10-22(28-21)29-23-13-17(2)30-31-23/h5-10,13,18H,11-12,14-15H2,1-4H3,(H2,28,29,30,31)/t18-,26-/m1/s1. The van der Waals surface area contributed by atoms with Crippen LogP contribution in [0.1, 0.15) is 47.1 Å². The lowest BCUT2D eigenvalue weighted by Gasteiger charge is -2.44. The van der Waals surface area contributed by atoms with E-state index in [-0.39, 0.29) is 24.1 Å². The summed E-state index contributed by atoms with van der Waals surface area (Å²) in [6.45, 7) is 6.05. The fourth-order valence-electron chi connectivity index (χ4n) is 4.85. The third kappa shape index (κ3) is 5.03. The average Bonchev–Trinajstić information content (AvgIpc) is 3.25. The summed E-state index contributed by atoms with van der Waals surface area (Å²) >= 11 is 0. The lowest BCUT2D eigenvalue weighted by atomic mass is 9.72. The molecular formula is C26H30FN5O3. The Balaban J connectivity index is 1.57. The SMILES string of the molecule is COC(=O)[C@]1(Cc2nc(Nc3cc(C)[nH]n3)ccc2F)CCN(C(=O)c2ccccc2C)[C@H](C)C1. The Labute approximate surface area is 203 Å². The minimum Gasteiger partial charge on any atom is -0.469 e. The van der Waals surface area contributed by atoms with Gasteiger partial charge in [-0.2, -0.15) is 5.10 Å². The summed E-state index contributed by atoms with van der Waals surface area (Å²) in [4.78, 5) is 32.5. The first-order valence-corrected chi connectivity index (χ1v) is 11.6. The van der Waals surface area contributed by atoms with E-state index in [1.807, 2.05) is 51.1 Å². The summed E-state index contributed by atoms with van der Waals surface area (Å²) in [5.41, 5.74) is 1.59. The Kier molecular flexibility index (Phi) is 6.86. The number of anilines is 2. The topological polar surface area (TPSA) is 100 Å². The van der Waals surface area contributed by atoms with Crippen molar-refractivity contribution in [1.82, 2.24) is 20.1 Å². The fourth-order valence-corrected chi connectivity index (χ4v) is 4.85. The van der Waals surface area contributed by atoms with Gasteiger partial charge in [-0.15, -0.1) is 0 Å². The average molecular weight is 480 g/mol. The van der Waals surface area contributed by atoms with Gasteiger partial charge in [-0.05, 0) is 57.4 Å². The van der Waals surface area contributed by atoms with Gasteiger partial charge in [0.05, 0.1) is 18.2 Å². The van der Waals surface area contributed by atoms with Crippen molar-refractivity contribution in [3.63, 3.8) is 0 Å². The molecule has 1 aromatic carbocycles. The van der Waals surface area contributed by atoms with Crippen molar-refractivity contribution in [3.05, 3.63) is 70.8 Å². The molecule has 3 aromatic rings. The van der Waals surface area contributed by atoms with Crippen LogP contribution in [0.25, 0.3) is 0 Å². The monoisotopic (exact) mass is 479 g/mol. The molecule has 1 fully saturated rings. The van der Waals surface area contributed by atoms with Crippen molar-refractivity contribution < 1.29 is 18.7 Å². The number of aromatic nitrogens is 3. The summed E-state index contributed by atoms with van der Waals surface area (Å²) in [7, 11) is 1.33. The molecule has 9 heteroatoms. The molecule has 35 heavy (non-hydrogen) atoms. The fraction of sp³-hybridized carbons (Fsp3) is 0.385. The number of aromatic amines is 1. The number of piperidine rings is 1. The highest BCUT2D eigenvalue weighted by atomic mass is 19.1. The van der Waals surface area contributed by atoms with Crippen molar-refractivity contribution >= 4 is 23.5 Å². The zero-order chi connectivity index (χ0) is 25.2. The second-order valence-corrected chi connectivity index (χ2v) is 9.25. The van der Waals surface area contributed by atoms with E-state index in [1.54, 1.807) is 4.90 Å². The summed E-state index contributed by atoms with van der Waals surface area (Å²) in [6, 6.07) is 11.9. The highest BCUT2D eigenvalue weighted by molar-refractivity contribution is 5.96. The molecule has 4 rings (SSSR count). The number of hydrogen-bond acceptors (Lipinski definition) is 6.